The molecule has 0 bridgehead atoms. The van der Waals surface area contributed by atoms with E-state index in [0.29, 0.717) is 41.9 Å². The first-order valence-electron chi connectivity index (χ1n) is 13.6. The monoisotopic (exact) mass is 568 g/mol. The number of hydrogen-bond acceptors (Lipinski definition) is 6. The minimum absolute atomic E-state index is 0.0249. The number of rotatable bonds is 11. The number of H-pyrrole nitrogens is 1. The first-order valence-corrected chi connectivity index (χ1v) is 14.6. The number of nitrogens with zero attached hydrogens (tertiary/aromatic N) is 4. The lowest BCUT2D eigenvalue weighted by atomic mass is 10.1. The number of anilines is 1. The van der Waals surface area contributed by atoms with Crippen molar-refractivity contribution < 1.29 is 14.3 Å². The Morgan fingerprint density at radius 1 is 0.951 bits per heavy atom. The number of para-hydroxylation sites is 1. The van der Waals surface area contributed by atoms with Crippen LogP contribution in [0.3, 0.4) is 0 Å². The number of ether oxygens (including phenoxy) is 1. The molecule has 0 spiro atoms. The van der Waals surface area contributed by atoms with Gasteiger partial charge in [-0.2, -0.15) is 0 Å². The van der Waals surface area contributed by atoms with Gasteiger partial charge in [-0.15, -0.1) is 10.2 Å². The maximum atomic E-state index is 12.9. The Kier molecular flexibility index (Phi) is 8.69. The van der Waals surface area contributed by atoms with E-state index in [1.165, 1.54) is 11.8 Å². The van der Waals surface area contributed by atoms with E-state index in [2.05, 4.69) is 20.5 Å². The lowest BCUT2D eigenvalue weighted by Gasteiger charge is -2.18. The fraction of sp³-hybridized carbons (Fsp3) is 0.226. The van der Waals surface area contributed by atoms with E-state index >= 15 is 0 Å². The van der Waals surface area contributed by atoms with Gasteiger partial charge < -0.3 is 19.9 Å². The van der Waals surface area contributed by atoms with Gasteiger partial charge in [0.1, 0.15) is 5.75 Å². The number of nitrogens with one attached hydrogen (secondary N) is 2. The van der Waals surface area contributed by atoms with Gasteiger partial charge in [0.15, 0.2) is 11.0 Å². The summed E-state index contributed by atoms with van der Waals surface area (Å²) in [5.74, 6) is 1.36. The molecule has 0 aliphatic rings. The molecule has 210 valence electrons. The van der Waals surface area contributed by atoms with E-state index in [-0.39, 0.29) is 17.6 Å². The topological polar surface area (TPSA) is 105 Å². The maximum Gasteiger partial charge on any atom is 0.253 e. The van der Waals surface area contributed by atoms with Crippen LogP contribution in [0.5, 0.6) is 5.75 Å². The third-order valence-electron chi connectivity index (χ3n) is 6.67. The van der Waals surface area contributed by atoms with Crippen molar-refractivity contribution in [3.63, 3.8) is 0 Å². The zero-order chi connectivity index (χ0) is 28.8. The predicted octanol–water partition coefficient (Wildman–Crippen LogP) is 6.03. The van der Waals surface area contributed by atoms with Gasteiger partial charge in [0.2, 0.25) is 5.91 Å². The predicted molar refractivity (Wildman–Crippen MR) is 163 cm³/mol. The number of fused-ring (bicyclic) bond motifs is 1. The molecule has 2 N–H and O–H groups in total. The molecule has 10 heteroatoms. The Morgan fingerprint density at radius 3 is 2.39 bits per heavy atom. The van der Waals surface area contributed by atoms with Crippen LogP contribution in [0, 0.1) is 0 Å². The fourth-order valence-corrected chi connectivity index (χ4v) is 5.35. The molecule has 0 saturated heterocycles. The summed E-state index contributed by atoms with van der Waals surface area (Å²) >= 11 is 1.30. The molecule has 0 aliphatic carbocycles. The van der Waals surface area contributed by atoms with Crippen LogP contribution < -0.4 is 10.1 Å². The summed E-state index contributed by atoms with van der Waals surface area (Å²) in [6.45, 7) is 7.73. The Balaban J connectivity index is 1.36. The van der Waals surface area contributed by atoms with Crippen LogP contribution in [0.15, 0.2) is 84.1 Å². The first-order chi connectivity index (χ1) is 20.0. The second kappa shape index (κ2) is 12.7. The molecule has 41 heavy (non-hydrogen) atoms. The van der Waals surface area contributed by atoms with Crippen molar-refractivity contribution in [2.24, 2.45) is 0 Å². The summed E-state index contributed by atoms with van der Waals surface area (Å²) < 4.78 is 7.58. The normalized spacial score (nSPS) is 11.0. The van der Waals surface area contributed by atoms with Crippen molar-refractivity contribution in [2.75, 3.05) is 30.8 Å². The van der Waals surface area contributed by atoms with E-state index in [0.717, 1.165) is 27.9 Å². The van der Waals surface area contributed by atoms with Crippen molar-refractivity contribution >= 4 is 40.2 Å². The molecule has 5 aromatic rings. The number of carbonyl (C=O) groups excluding carboxylic acids is 2. The van der Waals surface area contributed by atoms with Crippen LogP contribution >= 0.6 is 11.8 Å². The summed E-state index contributed by atoms with van der Waals surface area (Å²) in [5.41, 5.74) is 3.99. The third-order valence-corrected chi connectivity index (χ3v) is 7.60. The summed E-state index contributed by atoms with van der Waals surface area (Å²) in [6, 6.07) is 22.7. The van der Waals surface area contributed by atoms with Gasteiger partial charge in [-0.05, 0) is 75.4 Å². The number of thioether (sulfide) groups is 1. The highest BCUT2D eigenvalue weighted by molar-refractivity contribution is 7.99. The second-order valence-electron chi connectivity index (χ2n) is 9.21. The summed E-state index contributed by atoms with van der Waals surface area (Å²) in [7, 11) is 0. The van der Waals surface area contributed by atoms with E-state index in [9.17, 15) is 9.59 Å². The van der Waals surface area contributed by atoms with Gasteiger partial charge in [0.25, 0.3) is 5.91 Å². The minimum Gasteiger partial charge on any atom is -0.494 e. The lowest BCUT2D eigenvalue weighted by Crippen LogP contribution is -2.30. The van der Waals surface area contributed by atoms with Crippen molar-refractivity contribution in [2.45, 2.75) is 25.9 Å². The Morgan fingerprint density at radius 2 is 1.68 bits per heavy atom. The van der Waals surface area contributed by atoms with Gasteiger partial charge in [0.05, 0.1) is 12.4 Å². The highest BCUT2D eigenvalue weighted by Crippen LogP contribution is 2.33. The lowest BCUT2D eigenvalue weighted by molar-refractivity contribution is -0.113. The highest BCUT2D eigenvalue weighted by atomic mass is 32.2. The number of hydrogen-bond donors (Lipinski definition) is 2. The standard InChI is InChI=1S/C31H32N6O3S/c1-4-36(5-2)30(39)21-11-13-22(14-12-21)33-28(38)20-41-31-35-34-29(26-19-32-27-10-8-7-9-25(26)27)37(31)23-15-17-24(18-16-23)40-6-3/h7-19,32H,4-6,20H2,1-3H3,(H,33,38). The number of aromatic nitrogens is 4. The Labute approximate surface area is 242 Å². The Bertz CT molecular complexity index is 1640. The van der Waals surface area contributed by atoms with Crippen LogP contribution in [0.4, 0.5) is 5.69 Å². The molecule has 3 aromatic carbocycles. The number of benzene rings is 3. The minimum atomic E-state index is -0.187. The SMILES string of the molecule is CCOc1ccc(-n2c(SCC(=O)Nc3ccc(C(=O)N(CC)CC)cc3)nnc2-c2c[nH]c3ccccc23)cc1. The van der Waals surface area contributed by atoms with Crippen LogP contribution in [0.25, 0.3) is 28.0 Å². The van der Waals surface area contributed by atoms with E-state index in [4.69, 9.17) is 4.74 Å². The molecule has 0 aliphatic heterocycles. The van der Waals surface area contributed by atoms with Crippen molar-refractivity contribution in [3.05, 3.63) is 84.6 Å². The zero-order valence-corrected chi connectivity index (χ0v) is 24.1. The van der Waals surface area contributed by atoms with Crippen LogP contribution in [0.1, 0.15) is 31.1 Å². The molecule has 0 fully saturated rings. The first kappa shape index (κ1) is 28.0. The second-order valence-corrected chi connectivity index (χ2v) is 10.2. The molecule has 9 nitrogen and oxygen atoms in total. The number of carbonyl (C=O) groups is 2. The summed E-state index contributed by atoms with van der Waals surface area (Å²) in [5, 5.41) is 13.5. The number of amides is 2. The molecule has 0 saturated carbocycles. The van der Waals surface area contributed by atoms with Crippen LogP contribution in [-0.2, 0) is 4.79 Å². The molecule has 2 heterocycles. The van der Waals surface area contributed by atoms with Gasteiger partial charge in [-0.25, -0.2) is 0 Å². The molecule has 0 unspecified atom stereocenters. The van der Waals surface area contributed by atoms with Crippen LogP contribution in [-0.4, -0.2) is 61.9 Å². The smallest absolute Gasteiger partial charge is 0.253 e. The van der Waals surface area contributed by atoms with Gasteiger partial charge in [0, 0.05) is 52.7 Å². The molecule has 5 rings (SSSR count). The summed E-state index contributed by atoms with van der Waals surface area (Å²) in [4.78, 5) is 30.5. The molecular weight excluding hydrogens is 536 g/mol. The molecule has 0 radical (unpaired) electrons. The maximum absolute atomic E-state index is 12.9. The number of aromatic amines is 1. The third kappa shape index (κ3) is 6.12. The molecule has 2 amide bonds. The van der Waals surface area contributed by atoms with Gasteiger partial charge in [-0.3, -0.25) is 14.2 Å². The van der Waals surface area contributed by atoms with Crippen molar-refractivity contribution in [1.29, 1.82) is 0 Å². The van der Waals surface area contributed by atoms with E-state index in [1.807, 2.05) is 80.1 Å². The average molecular weight is 569 g/mol. The quantitative estimate of drug-likeness (QED) is 0.189. The van der Waals surface area contributed by atoms with Crippen LogP contribution in [0.2, 0.25) is 0 Å². The fourth-order valence-electron chi connectivity index (χ4n) is 4.60. The molecular formula is C31H32N6O3S. The molecule has 2 aromatic heterocycles. The highest BCUT2D eigenvalue weighted by Gasteiger charge is 2.20. The average Bonchev–Trinajstić information content (AvgIpc) is 3.62. The largest absolute Gasteiger partial charge is 0.494 e. The van der Waals surface area contributed by atoms with Crippen molar-refractivity contribution in [1.82, 2.24) is 24.6 Å². The zero-order valence-electron chi connectivity index (χ0n) is 23.3. The van der Waals surface area contributed by atoms with E-state index in [1.54, 1.807) is 29.2 Å². The summed E-state index contributed by atoms with van der Waals surface area (Å²) in [6.07, 6.45) is 1.93. The van der Waals surface area contributed by atoms with Crippen molar-refractivity contribution in [3.8, 4) is 22.8 Å². The van der Waals surface area contributed by atoms with Gasteiger partial charge >= 0.3 is 0 Å². The van der Waals surface area contributed by atoms with E-state index < -0.39 is 0 Å². The Hall–Kier alpha value is -4.57. The molecule has 0 atom stereocenters. The van der Waals surface area contributed by atoms with Gasteiger partial charge in [-0.1, -0.05) is 30.0 Å².